The molecule has 0 aliphatic heterocycles. The van der Waals surface area contributed by atoms with Crippen molar-refractivity contribution in [2.45, 2.75) is 72.2 Å². The molecule has 0 saturated heterocycles. The maximum Gasteiger partial charge on any atom is 0.234 e. The minimum absolute atomic E-state index is 0.0605. The van der Waals surface area contributed by atoms with Crippen LogP contribution in [0.2, 0.25) is 0 Å². The summed E-state index contributed by atoms with van der Waals surface area (Å²) in [6.07, 6.45) is 5.41. The van der Waals surface area contributed by atoms with E-state index in [1.165, 1.54) is 0 Å². The number of rotatable bonds is 9. The van der Waals surface area contributed by atoms with Crippen LogP contribution in [0, 0.1) is 11.3 Å². The van der Waals surface area contributed by atoms with Crippen molar-refractivity contribution in [2.24, 2.45) is 11.3 Å². The molecule has 2 N–H and O–H groups in total. The van der Waals surface area contributed by atoms with Crippen molar-refractivity contribution in [3.05, 3.63) is 41.5 Å². The van der Waals surface area contributed by atoms with Crippen LogP contribution >= 0.6 is 0 Å². The molecule has 1 fully saturated rings. The summed E-state index contributed by atoms with van der Waals surface area (Å²) in [4.78, 5) is 11.6. The molecule has 0 aromatic heterocycles. The van der Waals surface area contributed by atoms with Gasteiger partial charge in [-0.05, 0) is 65.5 Å². The van der Waals surface area contributed by atoms with E-state index in [1.54, 1.807) is 0 Å². The van der Waals surface area contributed by atoms with Gasteiger partial charge in [0.25, 0.3) is 0 Å². The fourth-order valence-electron chi connectivity index (χ4n) is 4.70. The second kappa shape index (κ2) is 11.0. The molecule has 0 atom stereocenters. The summed E-state index contributed by atoms with van der Waals surface area (Å²) in [5.74, 6) is 0.795. The number of carbonyl (C=O) groups excluding carboxylic acids is 1. The molecule has 1 aliphatic rings. The highest BCUT2D eigenvalue weighted by atomic mass is 32.2. The quantitative estimate of drug-likeness (QED) is 0.489. The Bertz CT molecular complexity index is 1100. The Balaban J connectivity index is 1.60. The number of ether oxygens (including phenoxy) is 1. The highest BCUT2D eigenvalue weighted by molar-refractivity contribution is 7.89. The Morgan fingerprint density at radius 1 is 1.12 bits per heavy atom. The molecule has 0 spiro atoms. The lowest BCUT2D eigenvalue weighted by Crippen LogP contribution is -2.31. The van der Waals surface area contributed by atoms with Gasteiger partial charge in [0.05, 0.1) is 12.4 Å². The van der Waals surface area contributed by atoms with E-state index in [0.29, 0.717) is 35.7 Å². The molecule has 0 bridgehead atoms. The van der Waals surface area contributed by atoms with E-state index < -0.39 is 22.6 Å². The number of sulfonamides is 1. The third-order valence-corrected chi connectivity index (χ3v) is 7.23. The van der Waals surface area contributed by atoms with Crippen LogP contribution in [0.4, 0.5) is 4.39 Å². The highest BCUT2D eigenvalue weighted by Crippen LogP contribution is 2.39. The van der Waals surface area contributed by atoms with Crippen molar-refractivity contribution < 1.29 is 22.3 Å². The third-order valence-electron chi connectivity index (χ3n) is 6.64. The molecule has 1 aliphatic carbocycles. The standard InChI is InChI=1S/C26H37FN2O4S/c1-26(2,3)20-7-9-21(10-8-20)33-24-12-6-19-15-18(5-11-22(19)23(24)16-27)17-28-14-13-25(30)29-34(4,31)32/h5-6,11-12,15,20-21,28H,7-10,13-14,16-17H2,1-4H3,(H,29,30)/t20-,21-. The first-order valence-corrected chi connectivity index (χ1v) is 13.8. The summed E-state index contributed by atoms with van der Waals surface area (Å²) in [6, 6.07) is 9.69. The van der Waals surface area contributed by atoms with Gasteiger partial charge >= 0.3 is 0 Å². The number of nitrogens with one attached hydrogen (secondary N) is 2. The van der Waals surface area contributed by atoms with E-state index >= 15 is 0 Å². The largest absolute Gasteiger partial charge is 0.490 e. The van der Waals surface area contributed by atoms with Gasteiger partial charge in [0.1, 0.15) is 12.4 Å². The van der Waals surface area contributed by atoms with E-state index in [2.05, 4.69) is 26.1 Å². The van der Waals surface area contributed by atoms with Crippen molar-refractivity contribution in [3.63, 3.8) is 0 Å². The first-order chi connectivity index (χ1) is 16.0. The maximum atomic E-state index is 14.1. The van der Waals surface area contributed by atoms with Crippen molar-refractivity contribution >= 4 is 26.7 Å². The molecule has 0 radical (unpaired) electrons. The topological polar surface area (TPSA) is 84.5 Å². The summed E-state index contributed by atoms with van der Waals surface area (Å²) >= 11 is 0. The zero-order valence-electron chi connectivity index (χ0n) is 20.6. The zero-order chi connectivity index (χ0) is 24.9. The van der Waals surface area contributed by atoms with Gasteiger partial charge in [0, 0.05) is 25.1 Å². The predicted molar refractivity (Wildman–Crippen MR) is 134 cm³/mol. The Morgan fingerprint density at radius 2 is 1.82 bits per heavy atom. The minimum Gasteiger partial charge on any atom is -0.490 e. The number of amides is 1. The van der Waals surface area contributed by atoms with Crippen LogP contribution in [0.15, 0.2) is 30.3 Å². The van der Waals surface area contributed by atoms with Crippen molar-refractivity contribution in [1.82, 2.24) is 10.0 Å². The van der Waals surface area contributed by atoms with Gasteiger partial charge in [0.15, 0.2) is 0 Å². The van der Waals surface area contributed by atoms with E-state index in [9.17, 15) is 17.6 Å². The van der Waals surface area contributed by atoms with Gasteiger partial charge < -0.3 is 10.1 Å². The molecule has 2 aromatic rings. The number of benzene rings is 2. The Morgan fingerprint density at radius 3 is 2.44 bits per heavy atom. The lowest BCUT2D eigenvalue weighted by atomic mass is 9.72. The molecule has 0 heterocycles. The van der Waals surface area contributed by atoms with Crippen molar-refractivity contribution in [2.75, 3.05) is 12.8 Å². The fraction of sp³-hybridized carbons (Fsp3) is 0.577. The van der Waals surface area contributed by atoms with Crippen LogP contribution in [0.5, 0.6) is 5.75 Å². The van der Waals surface area contributed by atoms with Crippen LogP contribution in [0.1, 0.15) is 64.0 Å². The van der Waals surface area contributed by atoms with Gasteiger partial charge in [-0.3, -0.25) is 9.52 Å². The van der Waals surface area contributed by atoms with E-state index in [0.717, 1.165) is 48.3 Å². The second-order valence-electron chi connectivity index (χ2n) is 10.4. The van der Waals surface area contributed by atoms with Gasteiger partial charge in [-0.25, -0.2) is 12.8 Å². The molecule has 8 heteroatoms. The van der Waals surface area contributed by atoms with Crippen LogP contribution < -0.4 is 14.8 Å². The molecule has 2 aromatic carbocycles. The van der Waals surface area contributed by atoms with Crippen LogP contribution in [0.25, 0.3) is 10.8 Å². The summed E-state index contributed by atoms with van der Waals surface area (Å²) in [6.45, 7) is 7.16. The molecule has 3 rings (SSSR count). The van der Waals surface area contributed by atoms with Crippen molar-refractivity contribution in [1.29, 1.82) is 0 Å². The summed E-state index contributed by atoms with van der Waals surface area (Å²) < 4.78 is 44.4. The molecule has 34 heavy (non-hydrogen) atoms. The van der Waals surface area contributed by atoms with Crippen LogP contribution in [0.3, 0.4) is 0 Å². The van der Waals surface area contributed by atoms with Crippen molar-refractivity contribution in [3.8, 4) is 5.75 Å². The molecule has 0 unspecified atom stereocenters. The second-order valence-corrected chi connectivity index (χ2v) is 12.2. The predicted octanol–water partition coefficient (Wildman–Crippen LogP) is 4.85. The Labute approximate surface area is 202 Å². The first-order valence-electron chi connectivity index (χ1n) is 11.9. The van der Waals surface area contributed by atoms with E-state index in [4.69, 9.17) is 4.74 Å². The lowest BCUT2D eigenvalue weighted by Gasteiger charge is -2.37. The monoisotopic (exact) mass is 492 g/mol. The number of hydrogen-bond donors (Lipinski definition) is 2. The number of carbonyl (C=O) groups is 1. The number of hydrogen-bond acceptors (Lipinski definition) is 5. The van der Waals surface area contributed by atoms with Gasteiger partial charge in [-0.2, -0.15) is 0 Å². The van der Waals surface area contributed by atoms with E-state index in [1.807, 2.05) is 35.1 Å². The maximum absolute atomic E-state index is 14.1. The molecule has 1 saturated carbocycles. The molecule has 1 amide bonds. The molecule has 6 nitrogen and oxygen atoms in total. The molecular weight excluding hydrogens is 455 g/mol. The van der Waals surface area contributed by atoms with Gasteiger partial charge in [-0.15, -0.1) is 0 Å². The highest BCUT2D eigenvalue weighted by Gasteiger charge is 2.30. The fourth-order valence-corrected chi connectivity index (χ4v) is 5.22. The lowest BCUT2D eigenvalue weighted by molar-refractivity contribution is -0.119. The number of fused-ring (bicyclic) bond motifs is 1. The van der Waals surface area contributed by atoms with Crippen LogP contribution in [-0.2, 0) is 28.0 Å². The minimum atomic E-state index is -3.53. The van der Waals surface area contributed by atoms with Gasteiger partial charge in [-0.1, -0.05) is 39.0 Å². The SMILES string of the molecule is CC(C)(C)[C@H]1CC[C@H](Oc2ccc3cc(CNCCC(=O)NS(C)(=O)=O)ccc3c2CF)CC1. The van der Waals surface area contributed by atoms with Crippen LogP contribution in [-0.4, -0.2) is 33.2 Å². The average Bonchev–Trinajstić information content (AvgIpc) is 2.75. The third kappa shape index (κ3) is 7.40. The van der Waals surface area contributed by atoms with Gasteiger partial charge in [0.2, 0.25) is 15.9 Å². The molecule has 188 valence electrons. The zero-order valence-corrected chi connectivity index (χ0v) is 21.4. The number of alkyl halides is 1. The number of halogens is 1. The Hall–Kier alpha value is -2.19. The normalized spacial score (nSPS) is 19.2. The van der Waals surface area contributed by atoms with E-state index in [-0.39, 0.29) is 12.5 Å². The Kier molecular flexibility index (Phi) is 8.57. The smallest absolute Gasteiger partial charge is 0.234 e. The summed E-state index contributed by atoms with van der Waals surface area (Å²) in [5.41, 5.74) is 1.90. The summed E-state index contributed by atoms with van der Waals surface area (Å²) in [5, 5.41) is 4.92. The first kappa shape index (κ1) is 26.4. The average molecular weight is 493 g/mol. The summed E-state index contributed by atoms with van der Waals surface area (Å²) in [7, 11) is -3.53. The molecular formula is C26H37FN2O4S.